The van der Waals surface area contributed by atoms with E-state index in [1.165, 1.54) is 24.8 Å². The van der Waals surface area contributed by atoms with Gasteiger partial charge in [0.1, 0.15) is 6.61 Å². The van der Waals surface area contributed by atoms with E-state index in [2.05, 4.69) is 51.9 Å². The summed E-state index contributed by atoms with van der Waals surface area (Å²) in [4.78, 5) is 12.1. The Morgan fingerprint density at radius 1 is 1.25 bits per heavy atom. The lowest BCUT2D eigenvalue weighted by Crippen LogP contribution is -2.41. The number of hydrogen-bond donors (Lipinski definition) is 1. The molecule has 1 unspecified atom stereocenters. The van der Waals surface area contributed by atoms with Crippen LogP contribution in [0.1, 0.15) is 43.2 Å². The van der Waals surface area contributed by atoms with Crippen molar-refractivity contribution in [2.24, 2.45) is 15.4 Å². The van der Waals surface area contributed by atoms with Crippen LogP contribution in [0.2, 0.25) is 0 Å². The molecular formula is C18H24N4O2. The third kappa shape index (κ3) is 4.40. The number of carbonyl (C=O) groups excluding carboxylic acids is 1. The lowest BCUT2D eigenvalue weighted by atomic mass is 9.93. The van der Waals surface area contributed by atoms with E-state index in [0.717, 1.165) is 18.4 Å². The Balaban J connectivity index is 1.55. The standard InChI is InChI=1S/C18H24N4O2/c1-14-7-9-15(10-8-14)11-18(12-19-22-21-18)13-24-17(23)20-16-5-3-2-4-6-16/h7-10,12,16H,2-6,11,13H2,1H3,(H,20,23). The minimum Gasteiger partial charge on any atom is -0.446 e. The molecule has 1 aliphatic carbocycles. The lowest BCUT2D eigenvalue weighted by Gasteiger charge is -2.24. The van der Waals surface area contributed by atoms with E-state index in [1.54, 1.807) is 6.21 Å². The highest BCUT2D eigenvalue weighted by Gasteiger charge is 2.34. The van der Waals surface area contributed by atoms with E-state index in [9.17, 15) is 4.79 Å². The van der Waals surface area contributed by atoms with Crippen LogP contribution in [0.3, 0.4) is 0 Å². The molecule has 1 amide bonds. The number of rotatable bonds is 5. The van der Waals surface area contributed by atoms with Crippen molar-refractivity contribution in [3.05, 3.63) is 35.4 Å². The smallest absolute Gasteiger partial charge is 0.407 e. The Bertz CT molecular complexity index is 606. The van der Waals surface area contributed by atoms with E-state index >= 15 is 0 Å². The van der Waals surface area contributed by atoms with E-state index in [1.807, 2.05) is 0 Å². The molecule has 0 bridgehead atoms. The fourth-order valence-corrected chi connectivity index (χ4v) is 3.18. The van der Waals surface area contributed by atoms with Crippen molar-refractivity contribution < 1.29 is 9.53 Å². The molecule has 1 aliphatic heterocycles. The van der Waals surface area contributed by atoms with E-state index in [-0.39, 0.29) is 18.7 Å². The molecule has 1 N–H and O–H groups in total. The van der Waals surface area contributed by atoms with Gasteiger partial charge in [-0.05, 0) is 30.6 Å². The average Bonchev–Trinajstić information content (AvgIpc) is 3.05. The molecule has 0 spiro atoms. The molecule has 24 heavy (non-hydrogen) atoms. The second-order valence-corrected chi connectivity index (χ2v) is 6.76. The molecule has 2 aliphatic rings. The third-order valence-electron chi connectivity index (χ3n) is 4.60. The summed E-state index contributed by atoms with van der Waals surface area (Å²) in [6.07, 6.45) is 7.56. The fourth-order valence-electron chi connectivity index (χ4n) is 3.18. The van der Waals surface area contributed by atoms with Crippen molar-refractivity contribution in [3.8, 4) is 0 Å². The number of nitrogens with one attached hydrogen (secondary N) is 1. The Labute approximate surface area is 142 Å². The zero-order valence-electron chi connectivity index (χ0n) is 14.1. The molecule has 1 aromatic carbocycles. The van der Waals surface area contributed by atoms with Crippen LogP contribution in [-0.4, -0.2) is 30.5 Å². The number of carbonyl (C=O) groups is 1. The van der Waals surface area contributed by atoms with Crippen LogP contribution in [0, 0.1) is 6.92 Å². The first-order valence-corrected chi connectivity index (χ1v) is 8.60. The first-order valence-electron chi connectivity index (χ1n) is 8.60. The maximum Gasteiger partial charge on any atom is 0.407 e. The van der Waals surface area contributed by atoms with Crippen LogP contribution in [-0.2, 0) is 11.2 Å². The summed E-state index contributed by atoms with van der Waals surface area (Å²) in [7, 11) is 0. The predicted octanol–water partition coefficient (Wildman–Crippen LogP) is 3.79. The van der Waals surface area contributed by atoms with Crippen LogP contribution in [0.15, 0.2) is 39.7 Å². The number of aryl methyl sites for hydroxylation is 1. The summed E-state index contributed by atoms with van der Waals surface area (Å²) in [5, 5.41) is 14.7. The molecule has 1 aromatic rings. The molecule has 0 aromatic heterocycles. The number of alkyl carbamates (subject to hydrolysis) is 1. The number of ether oxygens (including phenoxy) is 1. The van der Waals surface area contributed by atoms with Gasteiger partial charge in [-0.1, -0.05) is 49.1 Å². The molecule has 6 nitrogen and oxygen atoms in total. The maximum absolute atomic E-state index is 12.1. The summed E-state index contributed by atoms with van der Waals surface area (Å²) in [6.45, 7) is 2.20. The van der Waals surface area contributed by atoms with Gasteiger partial charge in [0.05, 0.1) is 6.21 Å². The number of benzene rings is 1. The van der Waals surface area contributed by atoms with Gasteiger partial charge in [0.25, 0.3) is 0 Å². The summed E-state index contributed by atoms with van der Waals surface area (Å²) in [6, 6.07) is 8.46. The molecule has 3 rings (SSSR count). The molecule has 1 fully saturated rings. The Morgan fingerprint density at radius 2 is 2.00 bits per heavy atom. The summed E-state index contributed by atoms with van der Waals surface area (Å²) < 4.78 is 5.43. The molecule has 0 saturated heterocycles. The Morgan fingerprint density at radius 3 is 2.67 bits per heavy atom. The largest absolute Gasteiger partial charge is 0.446 e. The van der Waals surface area contributed by atoms with E-state index in [4.69, 9.17) is 4.74 Å². The van der Waals surface area contributed by atoms with Crippen LogP contribution >= 0.6 is 0 Å². The van der Waals surface area contributed by atoms with Crippen molar-refractivity contribution in [3.63, 3.8) is 0 Å². The fraction of sp³-hybridized carbons (Fsp3) is 0.556. The minimum absolute atomic E-state index is 0.145. The highest BCUT2D eigenvalue weighted by Crippen LogP contribution is 2.22. The molecule has 1 saturated carbocycles. The van der Waals surface area contributed by atoms with Crippen LogP contribution in [0.25, 0.3) is 0 Å². The number of hydrogen-bond acceptors (Lipinski definition) is 5. The quantitative estimate of drug-likeness (QED) is 0.893. The monoisotopic (exact) mass is 328 g/mol. The van der Waals surface area contributed by atoms with Gasteiger partial charge in [-0.3, -0.25) is 0 Å². The maximum atomic E-state index is 12.1. The number of amides is 1. The topological polar surface area (TPSA) is 75.4 Å². The van der Waals surface area contributed by atoms with E-state index < -0.39 is 5.54 Å². The highest BCUT2D eigenvalue weighted by atomic mass is 16.5. The SMILES string of the molecule is Cc1ccc(CC2(COC(=O)NC3CCCCC3)C=NN=N2)cc1. The van der Waals surface area contributed by atoms with Crippen molar-refractivity contribution in [1.82, 2.24) is 5.32 Å². The third-order valence-corrected chi connectivity index (χ3v) is 4.60. The summed E-state index contributed by atoms with van der Waals surface area (Å²) in [5.41, 5.74) is 1.63. The molecule has 6 heteroatoms. The Kier molecular flexibility index (Phi) is 5.23. The lowest BCUT2D eigenvalue weighted by molar-refractivity contribution is 0.125. The average molecular weight is 328 g/mol. The second kappa shape index (κ2) is 7.55. The Hall–Kier alpha value is -2.24. The first-order chi connectivity index (χ1) is 11.7. The molecule has 128 valence electrons. The predicted molar refractivity (Wildman–Crippen MR) is 92.3 cm³/mol. The zero-order valence-corrected chi connectivity index (χ0v) is 14.1. The molecule has 1 heterocycles. The van der Waals surface area contributed by atoms with Crippen LogP contribution in [0.4, 0.5) is 4.79 Å². The van der Waals surface area contributed by atoms with Crippen molar-refractivity contribution in [2.45, 2.75) is 57.0 Å². The second-order valence-electron chi connectivity index (χ2n) is 6.76. The van der Waals surface area contributed by atoms with Gasteiger partial charge < -0.3 is 10.1 Å². The van der Waals surface area contributed by atoms with Crippen molar-refractivity contribution >= 4 is 12.3 Å². The van der Waals surface area contributed by atoms with Crippen LogP contribution < -0.4 is 5.32 Å². The van der Waals surface area contributed by atoms with Gasteiger partial charge >= 0.3 is 6.09 Å². The summed E-state index contributed by atoms with van der Waals surface area (Å²) in [5.74, 6) is 0. The van der Waals surface area contributed by atoms with E-state index in [0.29, 0.717) is 6.42 Å². The van der Waals surface area contributed by atoms with Crippen LogP contribution in [0.5, 0.6) is 0 Å². The van der Waals surface area contributed by atoms with Crippen molar-refractivity contribution in [2.75, 3.05) is 6.61 Å². The zero-order chi connectivity index (χ0) is 16.8. The van der Waals surface area contributed by atoms with Gasteiger partial charge in [-0.25, -0.2) is 4.79 Å². The molecular weight excluding hydrogens is 304 g/mol. The number of nitrogens with zero attached hydrogens (tertiary/aromatic N) is 3. The van der Waals surface area contributed by atoms with Gasteiger partial charge in [-0.2, -0.15) is 5.11 Å². The molecule has 1 atom stereocenters. The minimum atomic E-state index is -0.695. The normalized spacial score (nSPS) is 23.4. The van der Waals surface area contributed by atoms with Gasteiger partial charge in [0.15, 0.2) is 5.54 Å². The van der Waals surface area contributed by atoms with Gasteiger partial charge in [0, 0.05) is 12.5 Å². The molecule has 0 radical (unpaired) electrons. The van der Waals surface area contributed by atoms with Gasteiger partial charge in [-0.15, -0.1) is 5.10 Å². The first kappa shape index (κ1) is 16.6. The highest BCUT2D eigenvalue weighted by molar-refractivity contribution is 5.74. The summed E-state index contributed by atoms with van der Waals surface area (Å²) >= 11 is 0. The van der Waals surface area contributed by atoms with Crippen molar-refractivity contribution in [1.29, 1.82) is 0 Å². The van der Waals surface area contributed by atoms with Gasteiger partial charge in [0.2, 0.25) is 0 Å².